The number of likely N-dealkylation sites (tertiary alicyclic amines) is 1. The number of carbonyl (C=O) groups is 1. The second-order valence-corrected chi connectivity index (χ2v) is 6.99. The molecule has 1 aromatic carbocycles. The third-order valence-corrected chi connectivity index (χ3v) is 5.36. The zero-order valence-corrected chi connectivity index (χ0v) is 15.0. The third kappa shape index (κ3) is 2.56. The molecule has 0 radical (unpaired) electrons. The summed E-state index contributed by atoms with van der Waals surface area (Å²) in [5.74, 6) is 0.0787. The largest absolute Gasteiger partial charge is 0.388 e. The number of aromatic amines is 1. The summed E-state index contributed by atoms with van der Waals surface area (Å²) >= 11 is 0. The number of aliphatic hydroxyl groups excluding tert-OH is 1. The van der Waals surface area contributed by atoms with Gasteiger partial charge in [0.1, 0.15) is 29.4 Å². The van der Waals surface area contributed by atoms with Gasteiger partial charge in [-0.1, -0.05) is 0 Å². The van der Waals surface area contributed by atoms with Crippen LogP contribution in [0.25, 0.3) is 22.1 Å². The van der Waals surface area contributed by atoms with Crippen LogP contribution in [-0.2, 0) is 6.61 Å². The van der Waals surface area contributed by atoms with E-state index in [-0.39, 0.29) is 24.4 Å². The van der Waals surface area contributed by atoms with E-state index < -0.39 is 0 Å². The Morgan fingerprint density at radius 1 is 1.29 bits per heavy atom. The first-order valence-corrected chi connectivity index (χ1v) is 9.14. The zero-order chi connectivity index (χ0) is 19.3. The molecule has 142 valence electrons. The molecule has 1 fully saturated rings. The molecule has 0 aliphatic carbocycles. The summed E-state index contributed by atoms with van der Waals surface area (Å²) in [6.07, 6.45) is 4.27. The topological polar surface area (TPSA) is 87.0 Å². The molecule has 5 rings (SSSR count). The lowest BCUT2D eigenvalue weighted by molar-refractivity contribution is 0.0787. The van der Waals surface area contributed by atoms with Crippen LogP contribution >= 0.6 is 0 Å². The Balaban J connectivity index is 1.52. The number of nitrogens with zero attached hydrogens (tertiary/aromatic N) is 4. The summed E-state index contributed by atoms with van der Waals surface area (Å²) in [5, 5.41) is 10.8. The molecule has 1 aliphatic rings. The number of carbonyl (C=O) groups excluding carboxylic acids is 1. The second kappa shape index (κ2) is 6.42. The molecule has 8 heteroatoms. The quantitative estimate of drug-likeness (QED) is 0.573. The van der Waals surface area contributed by atoms with Gasteiger partial charge in [0.15, 0.2) is 0 Å². The molecule has 28 heavy (non-hydrogen) atoms. The maximum Gasteiger partial charge on any atom is 0.253 e. The number of fused-ring (bicyclic) bond motifs is 3. The second-order valence-electron chi connectivity index (χ2n) is 6.99. The number of nitrogens with one attached hydrogen (secondary N) is 1. The molecule has 1 saturated heterocycles. The molecule has 4 heterocycles. The highest BCUT2D eigenvalue weighted by Crippen LogP contribution is 2.32. The standard InChI is InChI=1S/C20H18FN5O2/c21-13-3-1-12(2-4-13)20(28)25-8-6-14(10-25)26-17(11-27)24-16-9-23-19-15(18(16)26)5-7-22-19/h1-5,7,9,14,27H,6,8,10-11H2,(H,22,23). The van der Waals surface area contributed by atoms with Gasteiger partial charge in [0.25, 0.3) is 5.91 Å². The van der Waals surface area contributed by atoms with E-state index in [4.69, 9.17) is 0 Å². The van der Waals surface area contributed by atoms with Crippen molar-refractivity contribution < 1.29 is 14.3 Å². The smallest absolute Gasteiger partial charge is 0.253 e. The van der Waals surface area contributed by atoms with Crippen LogP contribution in [-0.4, -0.2) is 48.5 Å². The maximum absolute atomic E-state index is 13.1. The van der Waals surface area contributed by atoms with E-state index in [1.54, 1.807) is 11.1 Å². The number of hydrogen-bond donors (Lipinski definition) is 2. The molecule has 3 aromatic heterocycles. The highest BCUT2D eigenvalue weighted by Gasteiger charge is 2.31. The molecular weight excluding hydrogens is 361 g/mol. The summed E-state index contributed by atoms with van der Waals surface area (Å²) < 4.78 is 15.2. The van der Waals surface area contributed by atoms with Gasteiger partial charge in [0.2, 0.25) is 0 Å². The van der Waals surface area contributed by atoms with Crippen LogP contribution in [0.3, 0.4) is 0 Å². The number of imidazole rings is 1. The Morgan fingerprint density at radius 3 is 2.89 bits per heavy atom. The number of halogens is 1. The normalized spacial score (nSPS) is 17.1. The van der Waals surface area contributed by atoms with Crippen molar-refractivity contribution in [1.82, 2.24) is 24.4 Å². The van der Waals surface area contributed by atoms with Crippen molar-refractivity contribution in [1.29, 1.82) is 0 Å². The lowest BCUT2D eigenvalue weighted by Crippen LogP contribution is -2.29. The molecule has 2 N–H and O–H groups in total. The number of hydrogen-bond acceptors (Lipinski definition) is 4. The predicted molar refractivity (Wildman–Crippen MR) is 101 cm³/mol. The highest BCUT2D eigenvalue weighted by molar-refractivity contribution is 6.01. The molecule has 0 bridgehead atoms. The minimum Gasteiger partial charge on any atom is -0.388 e. The maximum atomic E-state index is 13.1. The average Bonchev–Trinajstić information content (AvgIpc) is 3.43. The van der Waals surface area contributed by atoms with Crippen molar-refractivity contribution in [2.75, 3.05) is 13.1 Å². The molecule has 4 aromatic rings. The first-order valence-electron chi connectivity index (χ1n) is 9.14. The lowest BCUT2D eigenvalue weighted by Gasteiger charge is -2.19. The number of rotatable bonds is 3. The van der Waals surface area contributed by atoms with E-state index in [0.717, 1.165) is 28.5 Å². The summed E-state index contributed by atoms with van der Waals surface area (Å²) in [5.41, 5.74) is 2.86. The summed E-state index contributed by atoms with van der Waals surface area (Å²) in [7, 11) is 0. The van der Waals surface area contributed by atoms with Crippen molar-refractivity contribution in [2.45, 2.75) is 19.1 Å². The number of benzene rings is 1. The SMILES string of the molecule is O=C(c1ccc(F)cc1)N1CCC(n2c(CO)nc3cnc4[nH]ccc4c32)C1. The Hall–Kier alpha value is -3.26. The van der Waals surface area contributed by atoms with E-state index in [1.807, 2.05) is 16.8 Å². The van der Waals surface area contributed by atoms with E-state index in [0.29, 0.717) is 24.5 Å². The van der Waals surface area contributed by atoms with Gasteiger partial charge in [0.05, 0.1) is 17.8 Å². The fourth-order valence-electron chi connectivity index (χ4n) is 4.06. The molecule has 0 saturated carbocycles. The monoisotopic (exact) mass is 379 g/mol. The minimum absolute atomic E-state index is 0.00273. The van der Waals surface area contributed by atoms with Crippen molar-refractivity contribution in [3.63, 3.8) is 0 Å². The van der Waals surface area contributed by atoms with Crippen molar-refractivity contribution in [2.24, 2.45) is 0 Å². The van der Waals surface area contributed by atoms with Crippen LogP contribution in [0.5, 0.6) is 0 Å². The summed E-state index contributed by atoms with van der Waals surface area (Å²) in [6.45, 7) is 0.901. The molecule has 1 atom stereocenters. The molecule has 0 spiro atoms. The Bertz CT molecular complexity index is 1180. The van der Waals surface area contributed by atoms with Crippen LogP contribution in [0.2, 0.25) is 0 Å². The van der Waals surface area contributed by atoms with Gasteiger partial charge in [-0.15, -0.1) is 0 Å². The van der Waals surface area contributed by atoms with Crippen LogP contribution in [0.4, 0.5) is 4.39 Å². The van der Waals surface area contributed by atoms with E-state index in [1.165, 1.54) is 24.3 Å². The van der Waals surface area contributed by atoms with Gasteiger partial charge < -0.3 is 19.6 Å². The Labute approximate surface area is 159 Å². The molecule has 1 amide bonds. The van der Waals surface area contributed by atoms with E-state index in [9.17, 15) is 14.3 Å². The van der Waals surface area contributed by atoms with Crippen molar-refractivity contribution >= 4 is 28.0 Å². The number of aromatic nitrogens is 4. The van der Waals surface area contributed by atoms with E-state index in [2.05, 4.69) is 15.0 Å². The van der Waals surface area contributed by atoms with Gasteiger partial charge in [-0.2, -0.15) is 0 Å². The van der Waals surface area contributed by atoms with Gasteiger partial charge >= 0.3 is 0 Å². The Kier molecular flexibility index (Phi) is 3.87. The van der Waals surface area contributed by atoms with Gasteiger partial charge in [-0.05, 0) is 36.8 Å². The van der Waals surface area contributed by atoms with Crippen molar-refractivity contribution in [3.05, 3.63) is 59.9 Å². The fourth-order valence-corrected chi connectivity index (χ4v) is 4.06. The summed E-state index contributed by atoms with van der Waals surface area (Å²) in [6, 6.07) is 7.54. The Morgan fingerprint density at radius 2 is 2.11 bits per heavy atom. The van der Waals surface area contributed by atoms with Crippen LogP contribution in [0, 0.1) is 5.82 Å². The number of pyridine rings is 1. The van der Waals surface area contributed by atoms with Crippen LogP contribution in [0.15, 0.2) is 42.7 Å². The fraction of sp³-hybridized carbons (Fsp3) is 0.250. The number of aliphatic hydroxyl groups is 1. The molecule has 1 aliphatic heterocycles. The molecule has 7 nitrogen and oxygen atoms in total. The van der Waals surface area contributed by atoms with Gasteiger partial charge in [-0.25, -0.2) is 14.4 Å². The van der Waals surface area contributed by atoms with Gasteiger partial charge in [0, 0.05) is 30.2 Å². The summed E-state index contributed by atoms with van der Waals surface area (Å²) in [4.78, 5) is 26.5. The van der Waals surface area contributed by atoms with E-state index >= 15 is 0 Å². The van der Waals surface area contributed by atoms with Crippen LogP contribution in [0.1, 0.15) is 28.6 Å². The molecule has 1 unspecified atom stereocenters. The first kappa shape index (κ1) is 16.9. The minimum atomic E-state index is -0.363. The van der Waals surface area contributed by atoms with Crippen molar-refractivity contribution in [3.8, 4) is 0 Å². The molecular formula is C20H18FN5O2. The zero-order valence-electron chi connectivity index (χ0n) is 15.0. The highest BCUT2D eigenvalue weighted by atomic mass is 19.1. The third-order valence-electron chi connectivity index (χ3n) is 5.36. The first-order chi connectivity index (χ1) is 13.7. The lowest BCUT2D eigenvalue weighted by atomic mass is 10.2. The number of H-pyrrole nitrogens is 1. The predicted octanol–water partition coefficient (Wildman–Crippen LogP) is 2.63. The average molecular weight is 379 g/mol. The number of amides is 1. The van der Waals surface area contributed by atoms with Crippen LogP contribution < -0.4 is 0 Å². The van der Waals surface area contributed by atoms with Gasteiger partial charge in [-0.3, -0.25) is 4.79 Å².